The van der Waals surface area contributed by atoms with Gasteiger partial charge in [0.15, 0.2) is 0 Å². The van der Waals surface area contributed by atoms with Gasteiger partial charge in [-0.3, -0.25) is 9.78 Å². The number of aromatic nitrogens is 1. The highest BCUT2D eigenvalue weighted by Crippen LogP contribution is 2.30. The summed E-state index contributed by atoms with van der Waals surface area (Å²) in [7, 11) is 0. The van der Waals surface area contributed by atoms with E-state index in [1.165, 1.54) is 16.7 Å². The smallest absolute Gasteiger partial charge is 0.255 e. The number of nitrogens with two attached hydrogens (primary N) is 1. The van der Waals surface area contributed by atoms with Gasteiger partial charge in [0.1, 0.15) is 0 Å². The molecule has 2 N–H and O–H groups in total. The van der Waals surface area contributed by atoms with E-state index in [2.05, 4.69) is 47.4 Å². The Hall–Kier alpha value is -2.98. The van der Waals surface area contributed by atoms with Crippen molar-refractivity contribution in [1.29, 1.82) is 0 Å². The first kappa shape index (κ1) is 20.3. The van der Waals surface area contributed by atoms with E-state index in [9.17, 15) is 4.79 Å². The van der Waals surface area contributed by atoms with Crippen LogP contribution >= 0.6 is 0 Å². The van der Waals surface area contributed by atoms with E-state index in [0.717, 1.165) is 44.3 Å². The van der Waals surface area contributed by atoms with Gasteiger partial charge >= 0.3 is 0 Å². The third-order valence-electron chi connectivity index (χ3n) is 6.08. The number of likely N-dealkylation sites (tertiary alicyclic amines) is 1. The van der Waals surface area contributed by atoms with Gasteiger partial charge in [0, 0.05) is 32.0 Å². The third-order valence-corrected chi connectivity index (χ3v) is 6.08. The molecule has 1 saturated heterocycles. The fourth-order valence-electron chi connectivity index (χ4n) is 4.37. The average Bonchev–Trinajstić information content (AvgIpc) is 2.83. The molecule has 0 radical (unpaired) electrons. The number of rotatable bonds is 6. The summed E-state index contributed by atoms with van der Waals surface area (Å²) in [4.78, 5) is 19.4. The molecular formula is C26H29N3O. The molecule has 4 nitrogen and oxygen atoms in total. The highest BCUT2D eigenvalue weighted by molar-refractivity contribution is 5.94. The number of pyridine rings is 1. The Morgan fingerprint density at radius 1 is 0.933 bits per heavy atom. The van der Waals surface area contributed by atoms with Crippen LogP contribution in [0, 0.1) is 0 Å². The van der Waals surface area contributed by atoms with Crippen LogP contribution in [0.5, 0.6) is 0 Å². The second-order valence-electron chi connectivity index (χ2n) is 8.04. The van der Waals surface area contributed by atoms with Gasteiger partial charge in [0.05, 0.1) is 5.56 Å². The molecule has 0 atom stereocenters. The fourth-order valence-corrected chi connectivity index (χ4v) is 4.37. The van der Waals surface area contributed by atoms with Crippen molar-refractivity contribution in [3.05, 3.63) is 101 Å². The number of carbonyl (C=O) groups excluding carboxylic acids is 1. The molecule has 1 aliphatic heterocycles. The van der Waals surface area contributed by atoms with Gasteiger partial charge < -0.3 is 10.6 Å². The van der Waals surface area contributed by atoms with Crippen molar-refractivity contribution in [2.75, 3.05) is 13.1 Å². The van der Waals surface area contributed by atoms with E-state index in [-0.39, 0.29) is 5.91 Å². The highest BCUT2D eigenvalue weighted by Gasteiger charge is 2.25. The molecule has 30 heavy (non-hydrogen) atoms. The van der Waals surface area contributed by atoms with E-state index in [0.29, 0.717) is 18.0 Å². The lowest BCUT2D eigenvalue weighted by atomic mass is 9.86. The molecule has 3 aromatic rings. The minimum atomic E-state index is 0.0922. The number of piperidine rings is 1. The van der Waals surface area contributed by atoms with Crippen molar-refractivity contribution in [3.63, 3.8) is 0 Å². The third kappa shape index (κ3) is 4.77. The number of hydrogen-bond donors (Lipinski definition) is 1. The van der Waals surface area contributed by atoms with Crippen LogP contribution in [0.2, 0.25) is 0 Å². The number of hydrogen-bond acceptors (Lipinski definition) is 3. The largest absolute Gasteiger partial charge is 0.339 e. The van der Waals surface area contributed by atoms with Crippen LogP contribution in [0.4, 0.5) is 0 Å². The first-order chi connectivity index (χ1) is 14.7. The Bertz CT molecular complexity index is 978. The average molecular weight is 400 g/mol. The van der Waals surface area contributed by atoms with Crippen molar-refractivity contribution in [2.24, 2.45) is 5.73 Å². The predicted octanol–water partition coefficient (Wildman–Crippen LogP) is 4.35. The number of benzene rings is 2. The zero-order chi connectivity index (χ0) is 20.8. The Balaban J connectivity index is 1.37. The van der Waals surface area contributed by atoms with Gasteiger partial charge in [-0.1, -0.05) is 54.6 Å². The number of amides is 1. The van der Waals surface area contributed by atoms with Crippen molar-refractivity contribution >= 4 is 5.91 Å². The van der Waals surface area contributed by atoms with E-state index in [4.69, 9.17) is 5.73 Å². The van der Waals surface area contributed by atoms with E-state index in [1.807, 2.05) is 29.3 Å². The molecule has 2 heterocycles. The maximum atomic E-state index is 13.1. The lowest BCUT2D eigenvalue weighted by Crippen LogP contribution is -2.38. The zero-order valence-corrected chi connectivity index (χ0v) is 17.3. The SMILES string of the molecule is NCc1ccccc1C1CCN(C(=O)c2cncc(CCc3ccccc3)c2)CC1. The maximum Gasteiger partial charge on any atom is 0.255 e. The molecule has 1 fully saturated rings. The van der Waals surface area contributed by atoms with E-state index in [1.54, 1.807) is 6.20 Å². The second kappa shape index (κ2) is 9.68. The summed E-state index contributed by atoms with van der Waals surface area (Å²) in [5.41, 5.74) is 11.6. The Morgan fingerprint density at radius 2 is 1.63 bits per heavy atom. The quantitative estimate of drug-likeness (QED) is 0.671. The van der Waals surface area contributed by atoms with Gasteiger partial charge in [0.25, 0.3) is 5.91 Å². The topological polar surface area (TPSA) is 59.2 Å². The molecule has 154 valence electrons. The molecular weight excluding hydrogens is 370 g/mol. The van der Waals surface area contributed by atoms with Crippen molar-refractivity contribution in [2.45, 2.75) is 38.1 Å². The monoisotopic (exact) mass is 399 g/mol. The summed E-state index contributed by atoms with van der Waals surface area (Å²) >= 11 is 0. The second-order valence-corrected chi connectivity index (χ2v) is 8.04. The summed E-state index contributed by atoms with van der Waals surface area (Å²) < 4.78 is 0. The van der Waals surface area contributed by atoms with Gasteiger partial charge in [-0.15, -0.1) is 0 Å². The summed E-state index contributed by atoms with van der Waals surface area (Å²) in [6.45, 7) is 2.12. The lowest BCUT2D eigenvalue weighted by Gasteiger charge is -2.33. The minimum absolute atomic E-state index is 0.0922. The number of carbonyl (C=O) groups is 1. The van der Waals surface area contributed by atoms with Gasteiger partial charge in [-0.2, -0.15) is 0 Å². The molecule has 4 rings (SSSR count). The molecule has 0 spiro atoms. The molecule has 2 aromatic carbocycles. The minimum Gasteiger partial charge on any atom is -0.339 e. The summed E-state index contributed by atoms with van der Waals surface area (Å²) in [6, 6.07) is 20.8. The maximum absolute atomic E-state index is 13.1. The van der Waals surface area contributed by atoms with Crippen molar-refractivity contribution < 1.29 is 4.79 Å². The van der Waals surface area contributed by atoms with Crippen LogP contribution in [0.1, 0.15) is 51.4 Å². The highest BCUT2D eigenvalue weighted by atomic mass is 16.2. The zero-order valence-electron chi connectivity index (χ0n) is 17.3. The van der Waals surface area contributed by atoms with Gasteiger partial charge in [0.2, 0.25) is 0 Å². The first-order valence-electron chi connectivity index (χ1n) is 10.8. The fraction of sp³-hybridized carbons (Fsp3) is 0.308. The molecule has 4 heteroatoms. The molecule has 0 unspecified atom stereocenters. The number of aryl methyl sites for hydroxylation is 2. The van der Waals surface area contributed by atoms with E-state index >= 15 is 0 Å². The van der Waals surface area contributed by atoms with E-state index < -0.39 is 0 Å². The normalized spacial score (nSPS) is 14.6. The summed E-state index contributed by atoms with van der Waals surface area (Å²) in [5.74, 6) is 0.568. The predicted molar refractivity (Wildman–Crippen MR) is 120 cm³/mol. The van der Waals surface area contributed by atoms with Crippen LogP contribution in [0.3, 0.4) is 0 Å². The van der Waals surface area contributed by atoms with Crippen LogP contribution in [-0.4, -0.2) is 28.9 Å². The van der Waals surface area contributed by atoms with Crippen molar-refractivity contribution in [1.82, 2.24) is 9.88 Å². The Morgan fingerprint density at radius 3 is 2.40 bits per heavy atom. The molecule has 1 amide bonds. The van der Waals surface area contributed by atoms with Crippen molar-refractivity contribution in [3.8, 4) is 0 Å². The first-order valence-corrected chi connectivity index (χ1v) is 10.8. The van der Waals surface area contributed by atoms with Gasteiger partial charge in [-0.25, -0.2) is 0 Å². The van der Waals surface area contributed by atoms with Crippen LogP contribution in [0.15, 0.2) is 73.1 Å². The molecule has 0 bridgehead atoms. The summed E-state index contributed by atoms with van der Waals surface area (Å²) in [6.07, 6.45) is 7.36. The molecule has 0 saturated carbocycles. The Labute approximate surface area is 178 Å². The van der Waals surface area contributed by atoms with Gasteiger partial charge in [-0.05, 0) is 59.9 Å². The molecule has 1 aliphatic rings. The lowest BCUT2D eigenvalue weighted by molar-refractivity contribution is 0.0712. The summed E-state index contributed by atoms with van der Waals surface area (Å²) in [5, 5.41) is 0. The standard InChI is InChI=1S/C26H29N3O/c27-17-23-8-4-5-9-25(23)22-12-14-29(15-13-22)26(30)24-16-21(18-28-19-24)11-10-20-6-2-1-3-7-20/h1-9,16,18-19,22H,10-15,17,27H2. The number of nitrogens with zero attached hydrogens (tertiary/aromatic N) is 2. The molecule has 1 aromatic heterocycles. The van der Waals surface area contributed by atoms with Crippen LogP contribution in [0.25, 0.3) is 0 Å². The van der Waals surface area contributed by atoms with Crippen LogP contribution < -0.4 is 5.73 Å². The van der Waals surface area contributed by atoms with Crippen LogP contribution in [-0.2, 0) is 19.4 Å². The Kier molecular flexibility index (Phi) is 6.55. The molecule has 0 aliphatic carbocycles.